The minimum atomic E-state index is -0.217. The van der Waals surface area contributed by atoms with Crippen molar-refractivity contribution in [3.63, 3.8) is 0 Å². The van der Waals surface area contributed by atoms with Gasteiger partial charge in [-0.3, -0.25) is 9.69 Å². The van der Waals surface area contributed by atoms with E-state index in [-0.39, 0.29) is 11.4 Å². The van der Waals surface area contributed by atoms with Crippen LogP contribution < -0.4 is 10.1 Å². The number of likely N-dealkylation sites (N-methyl/N-ethyl adjacent to an activating group) is 1. The van der Waals surface area contributed by atoms with Crippen LogP contribution in [0, 0.1) is 0 Å². The molecular formula is C15H22Cl2N2O2. The first kappa shape index (κ1) is 18.1. The number of halogens is 2. The van der Waals surface area contributed by atoms with Crippen molar-refractivity contribution < 1.29 is 9.53 Å². The van der Waals surface area contributed by atoms with E-state index >= 15 is 0 Å². The van der Waals surface area contributed by atoms with Gasteiger partial charge >= 0.3 is 0 Å². The Morgan fingerprint density at radius 2 is 2.00 bits per heavy atom. The SMILES string of the molecule is CN(CCOc1ccc(Cl)cc1Cl)CC(=O)NC(C)(C)C. The lowest BCUT2D eigenvalue weighted by atomic mass is 10.1. The van der Waals surface area contributed by atoms with E-state index < -0.39 is 0 Å². The Balaban J connectivity index is 2.33. The molecule has 0 aliphatic rings. The molecule has 1 aromatic rings. The third-order valence-corrected chi connectivity index (χ3v) is 3.08. The van der Waals surface area contributed by atoms with Gasteiger partial charge in [0, 0.05) is 17.1 Å². The first-order chi connectivity index (χ1) is 9.67. The highest BCUT2D eigenvalue weighted by molar-refractivity contribution is 6.35. The van der Waals surface area contributed by atoms with E-state index in [1.54, 1.807) is 18.2 Å². The monoisotopic (exact) mass is 332 g/mol. The number of hydrogen-bond donors (Lipinski definition) is 1. The summed E-state index contributed by atoms with van der Waals surface area (Å²) in [5.74, 6) is 0.586. The van der Waals surface area contributed by atoms with Crippen LogP contribution in [0.2, 0.25) is 10.0 Å². The maximum absolute atomic E-state index is 11.8. The molecule has 4 nitrogen and oxygen atoms in total. The first-order valence-electron chi connectivity index (χ1n) is 6.75. The van der Waals surface area contributed by atoms with Gasteiger partial charge in [-0.2, -0.15) is 0 Å². The molecule has 1 rings (SSSR count). The van der Waals surface area contributed by atoms with Gasteiger partial charge in [-0.15, -0.1) is 0 Å². The number of carbonyl (C=O) groups excluding carboxylic acids is 1. The lowest BCUT2D eigenvalue weighted by Gasteiger charge is -2.23. The van der Waals surface area contributed by atoms with Gasteiger partial charge in [-0.25, -0.2) is 0 Å². The highest BCUT2D eigenvalue weighted by Gasteiger charge is 2.15. The van der Waals surface area contributed by atoms with E-state index in [4.69, 9.17) is 27.9 Å². The van der Waals surface area contributed by atoms with Gasteiger partial charge in [0.05, 0.1) is 11.6 Å². The Morgan fingerprint density at radius 1 is 1.33 bits per heavy atom. The summed E-state index contributed by atoms with van der Waals surface area (Å²) in [7, 11) is 1.87. The fourth-order valence-corrected chi connectivity index (χ4v) is 2.15. The van der Waals surface area contributed by atoms with Gasteiger partial charge in [-0.1, -0.05) is 23.2 Å². The molecule has 0 unspecified atom stereocenters. The molecule has 118 valence electrons. The molecule has 0 saturated heterocycles. The number of benzene rings is 1. The highest BCUT2D eigenvalue weighted by atomic mass is 35.5. The van der Waals surface area contributed by atoms with Crippen molar-refractivity contribution >= 4 is 29.1 Å². The van der Waals surface area contributed by atoms with Crippen LogP contribution in [0.3, 0.4) is 0 Å². The third kappa shape index (κ3) is 7.55. The number of rotatable bonds is 6. The normalized spacial score (nSPS) is 11.6. The average Bonchev–Trinajstić information content (AvgIpc) is 2.29. The quantitative estimate of drug-likeness (QED) is 0.869. The molecule has 1 amide bonds. The Morgan fingerprint density at radius 3 is 2.57 bits per heavy atom. The van der Waals surface area contributed by atoms with Crippen LogP contribution in [0.15, 0.2) is 18.2 Å². The highest BCUT2D eigenvalue weighted by Crippen LogP contribution is 2.27. The zero-order chi connectivity index (χ0) is 16.0. The Kier molecular flexibility index (Phi) is 6.78. The standard InChI is InChI=1S/C15H22Cl2N2O2/c1-15(2,3)18-14(20)10-19(4)7-8-21-13-6-5-11(16)9-12(13)17/h5-6,9H,7-8,10H2,1-4H3,(H,18,20). The lowest BCUT2D eigenvalue weighted by molar-refractivity contribution is -0.123. The molecule has 0 aromatic heterocycles. The number of carbonyl (C=O) groups is 1. The molecule has 0 fully saturated rings. The van der Waals surface area contributed by atoms with Crippen LogP contribution in [-0.2, 0) is 4.79 Å². The zero-order valence-electron chi connectivity index (χ0n) is 12.9. The summed E-state index contributed by atoms with van der Waals surface area (Å²) in [6, 6.07) is 5.10. The van der Waals surface area contributed by atoms with Crippen LogP contribution in [0.25, 0.3) is 0 Å². The van der Waals surface area contributed by atoms with E-state index in [1.807, 2.05) is 32.7 Å². The fourth-order valence-electron chi connectivity index (χ4n) is 1.69. The van der Waals surface area contributed by atoms with E-state index in [0.29, 0.717) is 35.5 Å². The van der Waals surface area contributed by atoms with Gasteiger partial charge in [0.15, 0.2) is 0 Å². The average molecular weight is 333 g/mol. The van der Waals surface area contributed by atoms with Gasteiger partial charge in [0.1, 0.15) is 12.4 Å². The van der Waals surface area contributed by atoms with E-state index in [0.717, 1.165) is 0 Å². The molecule has 0 spiro atoms. The largest absolute Gasteiger partial charge is 0.491 e. The van der Waals surface area contributed by atoms with Crippen LogP contribution in [-0.4, -0.2) is 43.1 Å². The smallest absolute Gasteiger partial charge is 0.234 e. The summed E-state index contributed by atoms with van der Waals surface area (Å²) in [6.07, 6.45) is 0. The lowest BCUT2D eigenvalue weighted by Crippen LogP contribution is -2.45. The topological polar surface area (TPSA) is 41.6 Å². The van der Waals surface area contributed by atoms with Crippen molar-refractivity contribution in [3.8, 4) is 5.75 Å². The van der Waals surface area contributed by atoms with Crippen molar-refractivity contribution in [1.29, 1.82) is 0 Å². The Bertz CT molecular complexity index is 487. The van der Waals surface area contributed by atoms with Crippen LogP contribution >= 0.6 is 23.2 Å². The van der Waals surface area contributed by atoms with Gasteiger partial charge < -0.3 is 10.1 Å². The van der Waals surface area contributed by atoms with Crippen molar-refractivity contribution in [2.24, 2.45) is 0 Å². The maximum Gasteiger partial charge on any atom is 0.234 e. The summed E-state index contributed by atoms with van der Waals surface area (Å²) < 4.78 is 5.58. The second-order valence-electron chi connectivity index (χ2n) is 5.96. The molecular weight excluding hydrogens is 311 g/mol. The van der Waals surface area contributed by atoms with Gasteiger partial charge in [0.2, 0.25) is 5.91 Å². The van der Waals surface area contributed by atoms with E-state index in [2.05, 4.69) is 5.32 Å². The Labute approximate surface area is 136 Å². The van der Waals surface area contributed by atoms with Gasteiger partial charge in [-0.05, 0) is 46.0 Å². The molecule has 0 saturated carbocycles. The van der Waals surface area contributed by atoms with Crippen molar-refractivity contribution in [2.75, 3.05) is 26.7 Å². The van der Waals surface area contributed by atoms with Crippen LogP contribution in [0.5, 0.6) is 5.75 Å². The van der Waals surface area contributed by atoms with Crippen molar-refractivity contribution in [2.45, 2.75) is 26.3 Å². The molecule has 0 aliphatic carbocycles. The number of nitrogens with zero attached hydrogens (tertiary/aromatic N) is 1. The van der Waals surface area contributed by atoms with Crippen molar-refractivity contribution in [3.05, 3.63) is 28.2 Å². The molecule has 21 heavy (non-hydrogen) atoms. The molecule has 0 bridgehead atoms. The van der Waals surface area contributed by atoms with E-state index in [1.165, 1.54) is 0 Å². The molecule has 0 radical (unpaired) electrons. The van der Waals surface area contributed by atoms with Crippen molar-refractivity contribution in [1.82, 2.24) is 10.2 Å². The Hall–Kier alpha value is -0.970. The summed E-state index contributed by atoms with van der Waals surface area (Å²) >= 11 is 11.8. The predicted octanol–water partition coefficient (Wildman–Crippen LogP) is 3.22. The predicted molar refractivity (Wildman–Crippen MR) is 87.3 cm³/mol. The number of hydrogen-bond acceptors (Lipinski definition) is 3. The summed E-state index contributed by atoms with van der Waals surface area (Å²) in [5, 5.41) is 3.97. The zero-order valence-corrected chi connectivity index (χ0v) is 14.4. The summed E-state index contributed by atoms with van der Waals surface area (Å²) in [5.41, 5.74) is -0.217. The number of amides is 1. The second-order valence-corrected chi connectivity index (χ2v) is 6.80. The van der Waals surface area contributed by atoms with Crippen LogP contribution in [0.1, 0.15) is 20.8 Å². The molecule has 1 aromatic carbocycles. The second kappa shape index (κ2) is 7.87. The molecule has 1 N–H and O–H groups in total. The fraction of sp³-hybridized carbons (Fsp3) is 0.533. The molecule has 0 heterocycles. The summed E-state index contributed by atoms with van der Waals surface area (Å²) in [4.78, 5) is 13.7. The summed E-state index contributed by atoms with van der Waals surface area (Å²) in [6.45, 7) is 7.26. The maximum atomic E-state index is 11.8. The molecule has 0 aliphatic heterocycles. The third-order valence-electron chi connectivity index (χ3n) is 2.55. The first-order valence-corrected chi connectivity index (χ1v) is 7.50. The number of nitrogens with one attached hydrogen (secondary N) is 1. The molecule has 6 heteroatoms. The minimum absolute atomic E-state index is 0.00507. The van der Waals surface area contributed by atoms with Gasteiger partial charge in [0.25, 0.3) is 0 Å². The van der Waals surface area contributed by atoms with E-state index in [9.17, 15) is 4.79 Å². The molecule has 0 atom stereocenters. The number of ether oxygens (including phenoxy) is 1. The minimum Gasteiger partial charge on any atom is -0.491 e. The van der Waals surface area contributed by atoms with Crippen LogP contribution in [0.4, 0.5) is 0 Å².